The molecule has 0 radical (unpaired) electrons. The predicted octanol–water partition coefficient (Wildman–Crippen LogP) is 3.02. The molecule has 0 bridgehead atoms. The summed E-state index contributed by atoms with van der Waals surface area (Å²) in [6.07, 6.45) is 0. The molecule has 3 nitrogen and oxygen atoms in total. The second-order valence-corrected chi connectivity index (χ2v) is 4.96. The fourth-order valence-electron chi connectivity index (χ4n) is 1.47. The van der Waals surface area contributed by atoms with Crippen molar-refractivity contribution in [3.63, 3.8) is 0 Å². The highest BCUT2D eigenvalue weighted by Gasteiger charge is 2.02. The third kappa shape index (κ3) is 3.16. The van der Waals surface area contributed by atoms with E-state index in [1.165, 1.54) is 0 Å². The van der Waals surface area contributed by atoms with Crippen LogP contribution in [0.5, 0.6) is 0 Å². The van der Waals surface area contributed by atoms with E-state index in [4.69, 9.17) is 11.1 Å². The number of nitrogens with two attached hydrogens (primary N) is 1. The third-order valence-electron chi connectivity index (χ3n) is 2.42. The summed E-state index contributed by atoms with van der Waals surface area (Å²) in [6.45, 7) is 0. The number of amidine groups is 2. The molecule has 0 aliphatic heterocycles. The number of nitrogens with one attached hydrogen (secondary N) is 1. The van der Waals surface area contributed by atoms with Crippen LogP contribution >= 0.6 is 22.6 Å². The summed E-state index contributed by atoms with van der Waals surface area (Å²) in [5.41, 5.74) is 7.48. The number of aliphatic imine (C=N–C) groups is 1. The van der Waals surface area contributed by atoms with Gasteiger partial charge in [0.15, 0.2) is 5.84 Å². The molecule has 0 aliphatic carbocycles. The lowest BCUT2D eigenvalue weighted by molar-refractivity contribution is 1.40. The van der Waals surface area contributed by atoms with Gasteiger partial charge in [0.2, 0.25) is 0 Å². The Morgan fingerprint density at radius 2 is 1.56 bits per heavy atom. The minimum Gasteiger partial charge on any atom is -0.383 e. The van der Waals surface area contributed by atoms with Gasteiger partial charge in [-0.15, -0.1) is 0 Å². The summed E-state index contributed by atoms with van der Waals surface area (Å²) < 4.78 is 1.14. The van der Waals surface area contributed by atoms with Crippen LogP contribution in [0.4, 0.5) is 0 Å². The van der Waals surface area contributed by atoms with Crippen LogP contribution in [0.1, 0.15) is 11.1 Å². The lowest BCUT2D eigenvalue weighted by Gasteiger charge is -2.02. The molecule has 0 heterocycles. The average Bonchev–Trinajstić information content (AvgIpc) is 2.40. The van der Waals surface area contributed by atoms with Crippen LogP contribution in [-0.2, 0) is 0 Å². The van der Waals surface area contributed by atoms with E-state index in [9.17, 15) is 0 Å². The van der Waals surface area contributed by atoms with Gasteiger partial charge >= 0.3 is 0 Å². The second-order valence-electron chi connectivity index (χ2n) is 3.72. The van der Waals surface area contributed by atoms with Crippen LogP contribution in [0.2, 0.25) is 0 Å². The minimum atomic E-state index is 0.173. The average molecular weight is 349 g/mol. The second kappa shape index (κ2) is 5.77. The number of hydrogen-bond acceptors (Lipinski definition) is 1. The molecule has 0 spiro atoms. The molecular formula is C14H12IN3. The Labute approximate surface area is 119 Å². The molecule has 18 heavy (non-hydrogen) atoms. The van der Waals surface area contributed by atoms with Crippen LogP contribution in [-0.4, -0.2) is 11.7 Å². The molecule has 0 aliphatic rings. The monoisotopic (exact) mass is 349 g/mol. The molecule has 0 amide bonds. The van der Waals surface area contributed by atoms with Crippen molar-refractivity contribution in [1.82, 2.24) is 0 Å². The zero-order valence-electron chi connectivity index (χ0n) is 9.60. The maximum absolute atomic E-state index is 7.88. The first-order chi connectivity index (χ1) is 8.66. The minimum absolute atomic E-state index is 0.173. The first-order valence-corrected chi connectivity index (χ1v) is 6.49. The van der Waals surface area contributed by atoms with E-state index in [2.05, 4.69) is 27.6 Å². The fraction of sp³-hybridized carbons (Fsp3) is 0. The van der Waals surface area contributed by atoms with Crippen LogP contribution in [0.25, 0.3) is 0 Å². The van der Waals surface area contributed by atoms with Gasteiger partial charge in [-0.1, -0.05) is 42.5 Å². The maximum Gasteiger partial charge on any atom is 0.154 e. The smallest absolute Gasteiger partial charge is 0.154 e. The topological polar surface area (TPSA) is 62.2 Å². The lowest BCUT2D eigenvalue weighted by Crippen LogP contribution is -2.15. The number of halogens is 1. The summed E-state index contributed by atoms with van der Waals surface area (Å²) in [6, 6.07) is 17.1. The molecule has 4 heteroatoms. The number of rotatable bonds is 2. The summed E-state index contributed by atoms with van der Waals surface area (Å²) >= 11 is 2.23. The van der Waals surface area contributed by atoms with Gasteiger partial charge < -0.3 is 5.73 Å². The molecule has 0 aromatic heterocycles. The van der Waals surface area contributed by atoms with Crippen LogP contribution in [0.15, 0.2) is 59.6 Å². The zero-order chi connectivity index (χ0) is 13.0. The van der Waals surface area contributed by atoms with Crippen molar-refractivity contribution < 1.29 is 0 Å². The van der Waals surface area contributed by atoms with Gasteiger partial charge in [0.1, 0.15) is 5.84 Å². The first-order valence-electron chi connectivity index (χ1n) is 5.41. The van der Waals surface area contributed by atoms with Gasteiger partial charge in [0.05, 0.1) is 0 Å². The Bertz CT molecular complexity index is 574. The molecule has 90 valence electrons. The first kappa shape index (κ1) is 12.8. The maximum atomic E-state index is 7.88. The summed E-state index contributed by atoms with van der Waals surface area (Å²) in [4.78, 5) is 4.12. The molecule has 2 aromatic carbocycles. The fourth-order valence-corrected chi connectivity index (χ4v) is 1.83. The molecule has 0 saturated heterocycles. The quantitative estimate of drug-likeness (QED) is 0.489. The molecule has 2 aromatic rings. The highest BCUT2D eigenvalue weighted by molar-refractivity contribution is 14.1. The normalized spacial score (nSPS) is 11.3. The van der Waals surface area contributed by atoms with Crippen molar-refractivity contribution in [3.05, 3.63) is 69.3 Å². The van der Waals surface area contributed by atoms with Crippen molar-refractivity contribution >= 4 is 34.3 Å². The molecule has 3 N–H and O–H groups in total. The highest BCUT2D eigenvalue weighted by atomic mass is 127. The van der Waals surface area contributed by atoms with E-state index >= 15 is 0 Å². The van der Waals surface area contributed by atoms with Gasteiger partial charge in [-0.05, 0) is 34.7 Å². The third-order valence-corrected chi connectivity index (χ3v) is 3.14. The molecule has 0 saturated carbocycles. The number of benzene rings is 2. The molecular weight excluding hydrogens is 337 g/mol. The van der Waals surface area contributed by atoms with Crippen LogP contribution in [0.3, 0.4) is 0 Å². The van der Waals surface area contributed by atoms with Gasteiger partial charge in [-0.25, -0.2) is 4.99 Å². The molecule has 0 fully saturated rings. The van der Waals surface area contributed by atoms with E-state index in [0.717, 1.165) is 14.7 Å². The molecule has 0 atom stereocenters. The molecule has 0 unspecified atom stereocenters. The van der Waals surface area contributed by atoms with Crippen LogP contribution < -0.4 is 5.73 Å². The van der Waals surface area contributed by atoms with E-state index in [1.807, 2.05) is 54.6 Å². The number of hydrogen-bond donors (Lipinski definition) is 2. The standard InChI is InChI=1S/C14H12IN3/c15-12-8-6-11(7-9-12)14(17)18-13(16)10-4-2-1-3-5-10/h1-9H,(H3,16,17,18). The zero-order valence-corrected chi connectivity index (χ0v) is 11.8. The van der Waals surface area contributed by atoms with Crippen molar-refractivity contribution in [2.45, 2.75) is 0 Å². The SMILES string of the molecule is N=C(/N=C(\N)c1ccc(I)cc1)c1ccccc1. The Hall–Kier alpha value is -1.69. The van der Waals surface area contributed by atoms with Gasteiger partial charge in [0, 0.05) is 14.7 Å². The van der Waals surface area contributed by atoms with Crippen molar-refractivity contribution in [2.24, 2.45) is 10.7 Å². The van der Waals surface area contributed by atoms with Gasteiger partial charge in [-0.2, -0.15) is 0 Å². The Kier molecular flexibility index (Phi) is 4.09. The van der Waals surface area contributed by atoms with E-state index in [0.29, 0.717) is 5.84 Å². The summed E-state index contributed by atoms with van der Waals surface area (Å²) in [5.74, 6) is 0.534. The van der Waals surface area contributed by atoms with Gasteiger partial charge in [0.25, 0.3) is 0 Å². The van der Waals surface area contributed by atoms with E-state index < -0.39 is 0 Å². The Balaban J connectivity index is 2.23. The largest absolute Gasteiger partial charge is 0.383 e. The van der Waals surface area contributed by atoms with Crippen LogP contribution in [0, 0.1) is 8.98 Å². The molecule has 2 rings (SSSR count). The van der Waals surface area contributed by atoms with Gasteiger partial charge in [-0.3, -0.25) is 5.41 Å². The predicted molar refractivity (Wildman–Crippen MR) is 83.2 cm³/mol. The van der Waals surface area contributed by atoms with Crippen molar-refractivity contribution in [2.75, 3.05) is 0 Å². The highest BCUT2D eigenvalue weighted by Crippen LogP contribution is 2.07. The Morgan fingerprint density at radius 1 is 0.944 bits per heavy atom. The van der Waals surface area contributed by atoms with Crippen molar-refractivity contribution in [1.29, 1.82) is 5.41 Å². The summed E-state index contributed by atoms with van der Waals surface area (Å²) in [7, 11) is 0. The van der Waals surface area contributed by atoms with E-state index in [1.54, 1.807) is 0 Å². The van der Waals surface area contributed by atoms with E-state index in [-0.39, 0.29) is 5.84 Å². The Morgan fingerprint density at radius 3 is 2.17 bits per heavy atom. The summed E-state index contributed by atoms with van der Waals surface area (Å²) in [5, 5.41) is 7.88. The van der Waals surface area contributed by atoms with Crippen molar-refractivity contribution in [3.8, 4) is 0 Å². The lowest BCUT2D eigenvalue weighted by atomic mass is 10.2. The number of nitrogens with zero attached hydrogens (tertiary/aromatic N) is 1.